The van der Waals surface area contributed by atoms with Gasteiger partial charge in [-0.3, -0.25) is 0 Å². The van der Waals surface area contributed by atoms with Crippen molar-refractivity contribution in [3.8, 4) is 0 Å². The van der Waals surface area contributed by atoms with Crippen LogP contribution in [0.1, 0.15) is 90.9 Å². The fourth-order valence-corrected chi connectivity index (χ4v) is 4.48. The molecule has 0 unspecified atom stereocenters. The van der Waals surface area contributed by atoms with Crippen LogP contribution in [0.25, 0.3) is 0 Å². The Bertz CT molecular complexity index is 486. The lowest BCUT2D eigenvalue weighted by atomic mass is 9.73. The number of esters is 1. The van der Waals surface area contributed by atoms with Gasteiger partial charge in [-0.1, -0.05) is 76.3 Å². The number of rotatable bonds is 9. The maximum atomic E-state index is 12.0. The van der Waals surface area contributed by atoms with Crippen LogP contribution in [0.3, 0.4) is 0 Å². The molecule has 0 spiro atoms. The minimum Gasteiger partial charge on any atom is -0.459 e. The third kappa shape index (κ3) is 9.44. The molecule has 152 valence electrons. The van der Waals surface area contributed by atoms with Gasteiger partial charge in [-0.05, 0) is 62.7 Å². The molecule has 2 rings (SSSR count). The molecule has 0 heterocycles. The summed E-state index contributed by atoms with van der Waals surface area (Å²) in [7, 11) is 0. The van der Waals surface area contributed by atoms with Crippen molar-refractivity contribution in [2.75, 3.05) is 0 Å². The predicted octanol–water partition coefficient (Wildman–Crippen LogP) is 7.16. The Balaban J connectivity index is 1.53. The summed E-state index contributed by atoms with van der Waals surface area (Å²) in [4.78, 5) is 12.0. The molecule has 0 radical (unpaired) electrons. The van der Waals surface area contributed by atoms with Crippen LogP contribution >= 0.6 is 0 Å². The summed E-state index contributed by atoms with van der Waals surface area (Å²) < 4.78 is 5.66. The molecule has 2 aliphatic carbocycles. The summed E-state index contributed by atoms with van der Waals surface area (Å²) in [5.41, 5.74) is 0. The highest BCUT2D eigenvalue weighted by Gasteiger charge is 2.29. The largest absolute Gasteiger partial charge is 0.459 e. The minimum absolute atomic E-state index is 0.147. The van der Waals surface area contributed by atoms with Crippen molar-refractivity contribution in [1.82, 2.24) is 0 Å². The van der Waals surface area contributed by atoms with Crippen LogP contribution in [0.15, 0.2) is 36.5 Å². The molecule has 0 amide bonds. The average Bonchev–Trinajstić information content (AvgIpc) is 2.68. The van der Waals surface area contributed by atoms with Crippen LogP contribution in [0.4, 0.5) is 0 Å². The molecule has 0 saturated heterocycles. The van der Waals surface area contributed by atoms with Crippen molar-refractivity contribution in [1.29, 1.82) is 0 Å². The zero-order valence-corrected chi connectivity index (χ0v) is 17.6. The predicted molar refractivity (Wildman–Crippen MR) is 115 cm³/mol. The summed E-state index contributed by atoms with van der Waals surface area (Å²) in [5, 5.41) is 0. The van der Waals surface area contributed by atoms with Gasteiger partial charge in [-0.15, -0.1) is 0 Å². The Morgan fingerprint density at radius 1 is 0.889 bits per heavy atom. The molecule has 0 aromatic rings. The zero-order valence-electron chi connectivity index (χ0n) is 17.6. The van der Waals surface area contributed by atoms with Crippen LogP contribution in [0, 0.1) is 17.8 Å². The highest BCUT2D eigenvalue weighted by Crippen LogP contribution is 2.38. The molecule has 2 heteroatoms. The van der Waals surface area contributed by atoms with Crippen LogP contribution in [0.2, 0.25) is 0 Å². The van der Waals surface area contributed by atoms with Crippen molar-refractivity contribution >= 4 is 5.97 Å². The first-order chi connectivity index (χ1) is 13.1. The van der Waals surface area contributed by atoms with Gasteiger partial charge in [0, 0.05) is 6.08 Å². The number of carbonyl (C=O) groups is 1. The third-order valence-corrected chi connectivity index (χ3v) is 6.06. The molecule has 0 N–H and O–H groups in total. The van der Waals surface area contributed by atoms with Gasteiger partial charge in [0.25, 0.3) is 0 Å². The molecule has 0 aromatic heterocycles. The third-order valence-electron chi connectivity index (χ3n) is 6.06. The lowest BCUT2D eigenvalue weighted by Crippen LogP contribution is -2.28. The van der Waals surface area contributed by atoms with Crippen molar-refractivity contribution < 1.29 is 9.53 Å². The number of ether oxygens (including phenoxy) is 1. The van der Waals surface area contributed by atoms with E-state index in [1.54, 1.807) is 6.08 Å². The molecule has 2 saturated carbocycles. The van der Waals surface area contributed by atoms with E-state index < -0.39 is 0 Å². The molecular weight excluding hydrogens is 332 g/mol. The fraction of sp³-hybridized carbons (Fsp3) is 0.720. The van der Waals surface area contributed by atoms with E-state index >= 15 is 0 Å². The lowest BCUT2D eigenvalue weighted by molar-refractivity contribution is -0.145. The van der Waals surface area contributed by atoms with Gasteiger partial charge in [0.05, 0.1) is 0 Å². The van der Waals surface area contributed by atoms with Gasteiger partial charge in [-0.25, -0.2) is 4.79 Å². The first kappa shape index (κ1) is 22.0. The number of allylic oxidation sites excluding steroid dienone is 5. The zero-order chi connectivity index (χ0) is 19.3. The standard InChI is InChI=1S/C25H40O2/c1-21(2)13-9-6-4-3-5-7-12-16-25(26)27-24-19-17-23(18-20-24)22-14-10-8-11-15-22/h4,6,9,12-13,16,21-24H,3,5,7-8,10-11,14-15,17-20H2,1-2H3/b6-4+,13-9+,16-12+. The highest BCUT2D eigenvalue weighted by molar-refractivity contribution is 5.82. The molecular formula is C25H40O2. The SMILES string of the molecule is CC(C)/C=C/C=C/CCC/C=C/C(=O)OC1CCC(C2CCCCC2)CC1. The van der Waals surface area contributed by atoms with E-state index in [4.69, 9.17) is 4.74 Å². The van der Waals surface area contributed by atoms with Gasteiger partial charge in [0.2, 0.25) is 0 Å². The molecule has 0 bridgehead atoms. The molecule has 0 aromatic carbocycles. The normalized spacial score (nSPS) is 25.1. The van der Waals surface area contributed by atoms with Gasteiger partial charge < -0.3 is 4.74 Å². The quantitative estimate of drug-likeness (QED) is 0.186. The van der Waals surface area contributed by atoms with Crippen LogP contribution in [-0.2, 0) is 9.53 Å². The van der Waals surface area contributed by atoms with Crippen LogP contribution in [-0.4, -0.2) is 12.1 Å². The maximum Gasteiger partial charge on any atom is 0.330 e. The Morgan fingerprint density at radius 2 is 1.56 bits per heavy atom. The van der Waals surface area contributed by atoms with Crippen molar-refractivity contribution in [2.24, 2.45) is 17.8 Å². The molecule has 0 atom stereocenters. The van der Waals surface area contributed by atoms with Gasteiger partial charge in [0.15, 0.2) is 0 Å². The smallest absolute Gasteiger partial charge is 0.330 e. The molecule has 27 heavy (non-hydrogen) atoms. The van der Waals surface area contributed by atoms with Crippen LogP contribution < -0.4 is 0 Å². The van der Waals surface area contributed by atoms with E-state index in [1.807, 2.05) is 6.08 Å². The Labute approximate surface area is 167 Å². The fourth-order valence-electron chi connectivity index (χ4n) is 4.48. The van der Waals surface area contributed by atoms with E-state index in [0.717, 1.165) is 43.9 Å². The monoisotopic (exact) mass is 372 g/mol. The summed E-state index contributed by atoms with van der Waals surface area (Å²) in [6.45, 7) is 4.35. The summed E-state index contributed by atoms with van der Waals surface area (Å²) in [6, 6.07) is 0. The lowest BCUT2D eigenvalue weighted by Gasteiger charge is -2.35. The number of hydrogen-bond acceptors (Lipinski definition) is 2. The van der Waals surface area contributed by atoms with Crippen molar-refractivity contribution in [3.63, 3.8) is 0 Å². The van der Waals surface area contributed by atoms with Crippen molar-refractivity contribution in [2.45, 2.75) is 97.0 Å². The van der Waals surface area contributed by atoms with E-state index in [-0.39, 0.29) is 12.1 Å². The van der Waals surface area contributed by atoms with Crippen molar-refractivity contribution in [3.05, 3.63) is 36.5 Å². The minimum atomic E-state index is -0.147. The second kappa shape index (κ2) is 13.0. The topological polar surface area (TPSA) is 26.3 Å². The molecule has 2 nitrogen and oxygen atoms in total. The molecule has 2 fully saturated rings. The Kier molecular flexibility index (Phi) is 10.6. The van der Waals surface area contributed by atoms with E-state index in [1.165, 1.54) is 44.9 Å². The summed E-state index contributed by atoms with van der Waals surface area (Å²) >= 11 is 0. The number of carbonyl (C=O) groups excluding carboxylic acids is 1. The van der Waals surface area contributed by atoms with E-state index in [9.17, 15) is 4.79 Å². The first-order valence-electron chi connectivity index (χ1n) is 11.4. The van der Waals surface area contributed by atoms with Gasteiger partial charge >= 0.3 is 5.97 Å². The van der Waals surface area contributed by atoms with Crippen LogP contribution in [0.5, 0.6) is 0 Å². The summed E-state index contributed by atoms with van der Waals surface area (Å²) in [6.07, 6.45) is 27.2. The van der Waals surface area contributed by atoms with Gasteiger partial charge in [-0.2, -0.15) is 0 Å². The second-order valence-corrected chi connectivity index (χ2v) is 8.76. The van der Waals surface area contributed by atoms with E-state index in [2.05, 4.69) is 38.2 Å². The second-order valence-electron chi connectivity index (χ2n) is 8.76. The molecule has 0 aliphatic heterocycles. The Morgan fingerprint density at radius 3 is 2.26 bits per heavy atom. The highest BCUT2D eigenvalue weighted by atomic mass is 16.5. The number of unbranched alkanes of at least 4 members (excludes halogenated alkanes) is 2. The van der Waals surface area contributed by atoms with Gasteiger partial charge in [0.1, 0.15) is 6.10 Å². The Hall–Kier alpha value is -1.31. The number of hydrogen-bond donors (Lipinski definition) is 0. The maximum absolute atomic E-state index is 12.0. The average molecular weight is 373 g/mol. The molecule has 2 aliphatic rings. The van der Waals surface area contributed by atoms with E-state index in [0.29, 0.717) is 5.92 Å². The summed E-state index contributed by atoms with van der Waals surface area (Å²) in [5.74, 6) is 2.29. The first-order valence-corrected chi connectivity index (χ1v) is 11.4.